The van der Waals surface area contributed by atoms with Gasteiger partial charge in [-0.25, -0.2) is 0 Å². The minimum Gasteiger partial charge on any atom is -0.326 e. The SMILES string of the molecule is CC(C)CC[N+]1(C)CCC(c2ccc(C(C)C)cc2)CC1. The summed E-state index contributed by atoms with van der Waals surface area (Å²) in [6.45, 7) is 13.3. The second-order valence-electron chi connectivity index (χ2n) is 8.07. The molecule has 0 N–H and O–H groups in total. The minimum absolute atomic E-state index is 0.640. The van der Waals surface area contributed by atoms with Gasteiger partial charge in [0.25, 0.3) is 0 Å². The number of rotatable bonds is 5. The zero-order chi connectivity index (χ0) is 15.5. The molecule has 0 atom stereocenters. The number of likely N-dealkylation sites (tertiary alicyclic amines) is 1. The molecule has 0 bridgehead atoms. The molecule has 1 nitrogen and oxygen atoms in total. The first kappa shape index (κ1) is 16.5. The number of nitrogens with zero attached hydrogens (tertiary/aromatic N) is 1. The summed E-state index contributed by atoms with van der Waals surface area (Å²) >= 11 is 0. The summed E-state index contributed by atoms with van der Waals surface area (Å²) in [6, 6.07) is 9.43. The van der Waals surface area contributed by atoms with Crippen LogP contribution in [0.25, 0.3) is 0 Å². The number of benzene rings is 1. The average molecular weight is 288 g/mol. The van der Waals surface area contributed by atoms with Gasteiger partial charge in [-0.05, 0) is 35.3 Å². The van der Waals surface area contributed by atoms with Crippen molar-refractivity contribution in [2.45, 2.75) is 58.8 Å². The molecule has 0 spiro atoms. The maximum atomic E-state index is 2.46. The summed E-state index contributed by atoms with van der Waals surface area (Å²) in [7, 11) is 2.46. The van der Waals surface area contributed by atoms with Gasteiger partial charge in [-0.2, -0.15) is 0 Å². The van der Waals surface area contributed by atoms with E-state index in [0.29, 0.717) is 5.92 Å². The number of hydrogen-bond acceptors (Lipinski definition) is 0. The minimum atomic E-state index is 0.640. The highest BCUT2D eigenvalue weighted by molar-refractivity contribution is 5.27. The molecule has 1 aliphatic heterocycles. The zero-order valence-corrected chi connectivity index (χ0v) is 14.7. The fourth-order valence-electron chi connectivity index (χ4n) is 3.47. The average Bonchev–Trinajstić information content (AvgIpc) is 2.46. The Labute approximate surface area is 132 Å². The molecular weight excluding hydrogens is 254 g/mol. The normalized spacial score (nSPS) is 26.5. The predicted molar refractivity (Wildman–Crippen MR) is 92.7 cm³/mol. The van der Waals surface area contributed by atoms with Crippen LogP contribution in [0, 0.1) is 5.92 Å². The summed E-state index contributed by atoms with van der Waals surface area (Å²) in [5.74, 6) is 2.26. The lowest BCUT2D eigenvalue weighted by molar-refractivity contribution is -0.915. The van der Waals surface area contributed by atoms with Crippen LogP contribution >= 0.6 is 0 Å². The van der Waals surface area contributed by atoms with Gasteiger partial charge in [0.2, 0.25) is 0 Å². The third-order valence-corrected chi connectivity index (χ3v) is 5.36. The number of quaternary nitrogens is 1. The molecule has 21 heavy (non-hydrogen) atoms. The smallest absolute Gasteiger partial charge is 0.0790 e. The molecule has 1 saturated heterocycles. The first-order valence-corrected chi connectivity index (χ1v) is 8.83. The molecule has 0 saturated carbocycles. The second kappa shape index (κ2) is 6.96. The molecule has 2 rings (SSSR count). The van der Waals surface area contributed by atoms with Gasteiger partial charge in [0.15, 0.2) is 0 Å². The van der Waals surface area contributed by atoms with Crippen molar-refractivity contribution in [1.82, 2.24) is 0 Å². The summed E-state index contributed by atoms with van der Waals surface area (Å²) in [5, 5.41) is 0. The summed E-state index contributed by atoms with van der Waals surface area (Å²) in [6.07, 6.45) is 4.08. The highest BCUT2D eigenvalue weighted by atomic mass is 15.3. The van der Waals surface area contributed by atoms with Gasteiger partial charge in [0.1, 0.15) is 0 Å². The molecule has 1 aromatic rings. The first-order chi connectivity index (χ1) is 9.89. The molecule has 0 unspecified atom stereocenters. The lowest BCUT2D eigenvalue weighted by Crippen LogP contribution is -2.50. The molecule has 1 aliphatic rings. The van der Waals surface area contributed by atoms with Crippen LogP contribution in [0.4, 0.5) is 0 Å². The molecule has 1 aromatic carbocycles. The van der Waals surface area contributed by atoms with Crippen LogP contribution in [0.5, 0.6) is 0 Å². The molecule has 0 amide bonds. The van der Waals surface area contributed by atoms with E-state index in [4.69, 9.17) is 0 Å². The van der Waals surface area contributed by atoms with Crippen LogP contribution in [-0.2, 0) is 0 Å². The van der Waals surface area contributed by atoms with Gasteiger partial charge in [0.05, 0.1) is 26.7 Å². The van der Waals surface area contributed by atoms with E-state index in [9.17, 15) is 0 Å². The van der Waals surface area contributed by atoms with Gasteiger partial charge < -0.3 is 4.48 Å². The van der Waals surface area contributed by atoms with Gasteiger partial charge >= 0.3 is 0 Å². The molecule has 0 aromatic heterocycles. The van der Waals surface area contributed by atoms with Crippen LogP contribution in [-0.4, -0.2) is 31.2 Å². The molecule has 1 fully saturated rings. The fourth-order valence-corrected chi connectivity index (χ4v) is 3.47. The van der Waals surface area contributed by atoms with Crippen molar-refractivity contribution in [2.75, 3.05) is 26.7 Å². The van der Waals surface area contributed by atoms with Gasteiger partial charge in [0, 0.05) is 12.8 Å². The van der Waals surface area contributed by atoms with Crippen molar-refractivity contribution in [3.05, 3.63) is 35.4 Å². The van der Waals surface area contributed by atoms with Crippen LogP contribution < -0.4 is 0 Å². The van der Waals surface area contributed by atoms with Gasteiger partial charge in [-0.1, -0.05) is 52.0 Å². The quantitative estimate of drug-likeness (QED) is 0.655. The lowest BCUT2D eigenvalue weighted by atomic mass is 9.87. The Kier molecular flexibility index (Phi) is 5.48. The van der Waals surface area contributed by atoms with Crippen LogP contribution in [0.1, 0.15) is 69.9 Å². The monoisotopic (exact) mass is 288 g/mol. The van der Waals surface area contributed by atoms with E-state index < -0.39 is 0 Å². The van der Waals surface area contributed by atoms with E-state index in [2.05, 4.69) is 59.0 Å². The van der Waals surface area contributed by atoms with Crippen molar-refractivity contribution in [3.8, 4) is 0 Å². The second-order valence-corrected chi connectivity index (χ2v) is 8.07. The molecule has 1 heteroatoms. The Hall–Kier alpha value is -0.820. The van der Waals surface area contributed by atoms with Crippen molar-refractivity contribution >= 4 is 0 Å². The molecular formula is C20H34N+. The van der Waals surface area contributed by atoms with Crippen molar-refractivity contribution < 1.29 is 4.48 Å². The predicted octanol–water partition coefficient (Wildman–Crippen LogP) is 5.18. The number of piperidine rings is 1. The Bertz CT molecular complexity index is 422. The standard InChI is InChI=1S/C20H34N/c1-16(2)10-13-21(5)14-11-20(12-15-21)19-8-6-18(7-9-19)17(3)4/h6-9,16-17,20H,10-15H2,1-5H3/q+1. The molecule has 0 radical (unpaired) electrons. The number of hydrogen-bond donors (Lipinski definition) is 0. The maximum absolute atomic E-state index is 2.46. The van der Waals surface area contributed by atoms with E-state index in [1.807, 2.05) is 0 Å². The zero-order valence-electron chi connectivity index (χ0n) is 14.7. The summed E-state index contributed by atoms with van der Waals surface area (Å²) < 4.78 is 1.29. The van der Waals surface area contributed by atoms with E-state index in [1.54, 1.807) is 5.56 Å². The van der Waals surface area contributed by atoms with Crippen molar-refractivity contribution in [1.29, 1.82) is 0 Å². The Morgan fingerprint density at radius 3 is 2.05 bits per heavy atom. The Balaban J connectivity index is 1.91. The first-order valence-electron chi connectivity index (χ1n) is 8.83. The third kappa shape index (κ3) is 4.57. The fraction of sp³-hybridized carbons (Fsp3) is 0.700. The van der Waals surface area contributed by atoms with E-state index in [-0.39, 0.29) is 0 Å². The third-order valence-electron chi connectivity index (χ3n) is 5.36. The summed E-state index contributed by atoms with van der Waals surface area (Å²) in [4.78, 5) is 0. The van der Waals surface area contributed by atoms with Gasteiger partial charge in [-0.3, -0.25) is 0 Å². The lowest BCUT2D eigenvalue weighted by Gasteiger charge is -2.41. The molecule has 0 aliphatic carbocycles. The van der Waals surface area contributed by atoms with Crippen LogP contribution in [0.3, 0.4) is 0 Å². The van der Waals surface area contributed by atoms with E-state index in [1.165, 1.54) is 48.9 Å². The maximum Gasteiger partial charge on any atom is 0.0790 e. The Morgan fingerprint density at radius 2 is 1.57 bits per heavy atom. The van der Waals surface area contributed by atoms with Crippen LogP contribution in [0.15, 0.2) is 24.3 Å². The molecule has 1 heterocycles. The van der Waals surface area contributed by atoms with Crippen LogP contribution in [0.2, 0.25) is 0 Å². The highest BCUT2D eigenvalue weighted by Crippen LogP contribution is 2.31. The van der Waals surface area contributed by atoms with E-state index in [0.717, 1.165) is 11.8 Å². The Morgan fingerprint density at radius 1 is 1.00 bits per heavy atom. The molecule has 118 valence electrons. The largest absolute Gasteiger partial charge is 0.326 e. The topological polar surface area (TPSA) is 0 Å². The van der Waals surface area contributed by atoms with Gasteiger partial charge in [-0.15, -0.1) is 0 Å². The van der Waals surface area contributed by atoms with Crippen molar-refractivity contribution in [2.24, 2.45) is 5.92 Å². The summed E-state index contributed by atoms with van der Waals surface area (Å²) in [5.41, 5.74) is 3.03. The highest BCUT2D eigenvalue weighted by Gasteiger charge is 2.30. The van der Waals surface area contributed by atoms with Crippen molar-refractivity contribution in [3.63, 3.8) is 0 Å². The van der Waals surface area contributed by atoms with E-state index >= 15 is 0 Å².